The van der Waals surface area contributed by atoms with Crippen molar-refractivity contribution in [2.45, 2.75) is 45.8 Å². The SMILES string of the molecule is CC(C)Oc1c(Br)cc(Br)cc1CNCCCCCO. The molecule has 0 saturated heterocycles. The molecule has 0 unspecified atom stereocenters. The molecule has 2 N–H and O–H groups in total. The van der Waals surface area contributed by atoms with Gasteiger partial charge in [0.05, 0.1) is 10.6 Å². The largest absolute Gasteiger partial charge is 0.489 e. The van der Waals surface area contributed by atoms with Gasteiger partial charge < -0.3 is 15.2 Å². The van der Waals surface area contributed by atoms with Gasteiger partial charge in [0.1, 0.15) is 5.75 Å². The van der Waals surface area contributed by atoms with Crippen molar-refractivity contribution in [1.29, 1.82) is 0 Å². The summed E-state index contributed by atoms with van der Waals surface area (Å²) in [7, 11) is 0. The van der Waals surface area contributed by atoms with Crippen LogP contribution in [0.5, 0.6) is 5.75 Å². The summed E-state index contributed by atoms with van der Waals surface area (Å²) >= 11 is 7.07. The van der Waals surface area contributed by atoms with Gasteiger partial charge >= 0.3 is 0 Å². The molecule has 1 aromatic carbocycles. The number of hydrogen-bond donors (Lipinski definition) is 2. The van der Waals surface area contributed by atoms with E-state index in [0.717, 1.165) is 52.6 Å². The molecular weight excluding hydrogens is 386 g/mol. The van der Waals surface area contributed by atoms with E-state index < -0.39 is 0 Å². The summed E-state index contributed by atoms with van der Waals surface area (Å²) in [5.74, 6) is 0.908. The number of benzene rings is 1. The molecule has 0 aromatic heterocycles. The van der Waals surface area contributed by atoms with E-state index in [-0.39, 0.29) is 12.7 Å². The third kappa shape index (κ3) is 6.57. The van der Waals surface area contributed by atoms with E-state index in [4.69, 9.17) is 9.84 Å². The average molecular weight is 409 g/mol. The Bertz CT molecular complexity index is 411. The minimum absolute atomic E-state index is 0.149. The fourth-order valence-corrected chi connectivity index (χ4v) is 3.28. The number of aliphatic hydroxyl groups excluding tert-OH is 1. The van der Waals surface area contributed by atoms with Gasteiger partial charge in [-0.3, -0.25) is 0 Å². The lowest BCUT2D eigenvalue weighted by atomic mass is 10.2. The molecule has 0 aliphatic rings. The highest BCUT2D eigenvalue weighted by molar-refractivity contribution is 9.11. The molecule has 20 heavy (non-hydrogen) atoms. The minimum Gasteiger partial charge on any atom is -0.489 e. The van der Waals surface area contributed by atoms with E-state index >= 15 is 0 Å². The molecule has 0 amide bonds. The van der Waals surface area contributed by atoms with Crippen LogP contribution in [0, 0.1) is 0 Å². The van der Waals surface area contributed by atoms with Crippen molar-refractivity contribution in [1.82, 2.24) is 5.32 Å². The van der Waals surface area contributed by atoms with Gasteiger partial charge in [-0.2, -0.15) is 0 Å². The molecule has 0 spiro atoms. The van der Waals surface area contributed by atoms with Gasteiger partial charge in [0.25, 0.3) is 0 Å². The lowest BCUT2D eigenvalue weighted by molar-refractivity contribution is 0.238. The number of rotatable bonds is 9. The van der Waals surface area contributed by atoms with Crippen LogP contribution in [0.15, 0.2) is 21.1 Å². The maximum absolute atomic E-state index is 8.73. The molecular formula is C15H23Br2NO2. The van der Waals surface area contributed by atoms with Crippen LogP contribution in [0.1, 0.15) is 38.7 Å². The molecule has 1 aromatic rings. The maximum atomic E-state index is 8.73. The highest BCUT2D eigenvalue weighted by Gasteiger charge is 2.11. The number of hydrogen-bond acceptors (Lipinski definition) is 3. The number of unbranched alkanes of at least 4 members (excludes halogenated alkanes) is 2. The van der Waals surface area contributed by atoms with Gasteiger partial charge in [0.15, 0.2) is 0 Å². The first-order chi connectivity index (χ1) is 9.54. The van der Waals surface area contributed by atoms with Crippen LogP contribution >= 0.6 is 31.9 Å². The molecule has 5 heteroatoms. The Morgan fingerprint density at radius 1 is 1.20 bits per heavy atom. The minimum atomic E-state index is 0.149. The van der Waals surface area contributed by atoms with Crippen molar-refractivity contribution < 1.29 is 9.84 Å². The number of halogens is 2. The molecule has 0 heterocycles. The van der Waals surface area contributed by atoms with Crippen LogP contribution in [0.25, 0.3) is 0 Å². The van der Waals surface area contributed by atoms with Crippen molar-refractivity contribution in [2.75, 3.05) is 13.2 Å². The Hall–Kier alpha value is -0.100. The molecule has 0 radical (unpaired) electrons. The van der Waals surface area contributed by atoms with Crippen LogP contribution in [0.3, 0.4) is 0 Å². The van der Waals surface area contributed by atoms with Crippen molar-refractivity contribution >= 4 is 31.9 Å². The van der Waals surface area contributed by atoms with Gasteiger partial charge in [0, 0.05) is 23.2 Å². The fraction of sp³-hybridized carbons (Fsp3) is 0.600. The third-order valence-corrected chi connectivity index (χ3v) is 3.81. The summed E-state index contributed by atoms with van der Waals surface area (Å²) in [6.07, 6.45) is 3.17. The molecule has 1 rings (SSSR count). The van der Waals surface area contributed by atoms with Crippen molar-refractivity contribution in [3.8, 4) is 5.75 Å². The quantitative estimate of drug-likeness (QED) is 0.600. The molecule has 0 saturated carbocycles. The Balaban J connectivity index is 2.58. The molecule has 0 fully saturated rings. The lowest BCUT2D eigenvalue weighted by Crippen LogP contribution is -2.17. The number of aliphatic hydroxyl groups is 1. The standard InChI is InChI=1S/C15H23Br2NO2/c1-11(2)20-15-12(8-13(16)9-14(15)17)10-18-6-4-3-5-7-19/h8-9,11,18-19H,3-7,10H2,1-2H3. The summed E-state index contributed by atoms with van der Waals surface area (Å²) in [5.41, 5.74) is 1.14. The summed E-state index contributed by atoms with van der Waals surface area (Å²) in [6, 6.07) is 4.09. The zero-order valence-corrected chi connectivity index (χ0v) is 15.3. The third-order valence-electron chi connectivity index (χ3n) is 2.77. The Morgan fingerprint density at radius 3 is 2.60 bits per heavy atom. The normalized spacial score (nSPS) is 11.1. The molecule has 0 aliphatic heterocycles. The second-order valence-corrected chi connectivity index (χ2v) is 6.77. The molecule has 3 nitrogen and oxygen atoms in total. The van der Waals surface area contributed by atoms with Crippen LogP contribution in [-0.4, -0.2) is 24.4 Å². The molecule has 0 aliphatic carbocycles. The van der Waals surface area contributed by atoms with Gasteiger partial charge in [0.2, 0.25) is 0 Å². The van der Waals surface area contributed by atoms with E-state index in [0.29, 0.717) is 0 Å². The first kappa shape index (κ1) is 18.0. The fourth-order valence-electron chi connectivity index (χ4n) is 1.87. The molecule has 114 valence electrons. The van der Waals surface area contributed by atoms with Crippen molar-refractivity contribution in [3.05, 3.63) is 26.6 Å². The van der Waals surface area contributed by atoms with Gasteiger partial charge in [-0.15, -0.1) is 0 Å². The van der Waals surface area contributed by atoms with Crippen LogP contribution in [0.4, 0.5) is 0 Å². The van der Waals surface area contributed by atoms with E-state index in [9.17, 15) is 0 Å². The number of ether oxygens (including phenoxy) is 1. The predicted molar refractivity (Wildman–Crippen MR) is 90.2 cm³/mol. The van der Waals surface area contributed by atoms with Crippen molar-refractivity contribution in [2.24, 2.45) is 0 Å². The monoisotopic (exact) mass is 407 g/mol. The van der Waals surface area contributed by atoms with Crippen LogP contribution in [0.2, 0.25) is 0 Å². The van der Waals surface area contributed by atoms with Gasteiger partial charge in [-0.25, -0.2) is 0 Å². The zero-order valence-electron chi connectivity index (χ0n) is 12.1. The summed E-state index contributed by atoms with van der Waals surface area (Å²) < 4.78 is 7.90. The average Bonchev–Trinajstić information content (AvgIpc) is 2.37. The predicted octanol–water partition coefficient (Wildman–Crippen LogP) is 4.25. The second kappa shape index (κ2) is 9.77. The number of nitrogens with one attached hydrogen (secondary N) is 1. The Labute approximate surface area is 138 Å². The lowest BCUT2D eigenvalue weighted by Gasteiger charge is -2.17. The van der Waals surface area contributed by atoms with E-state index in [1.165, 1.54) is 0 Å². The van der Waals surface area contributed by atoms with E-state index in [2.05, 4.69) is 43.2 Å². The van der Waals surface area contributed by atoms with E-state index in [1.54, 1.807) is 0 Å². The van der Waals surface area contributed by atoms with Crippen LogP contribution in [-0.2, 0) is 6.54 Å². The maximum Gasteiger partial charge on any atom is 0.138 e. The highest BCUT2D eigenvalue weighted by atomic mass is 79.9. The summed E-state index contributed by atoms with van der Waals surface area (Å²) in [4.78, 5) is 0. The summed E-state index contributed by atoms with van der Waals surface area (Å²) in [5, 5.41) is 12.2. The van der Waals surface area contributed by atoms with E-state index in [1.807, 2.05) is 19.9 Å². The molecule has 0 bridgehead atoms. The van der Waals surface area contributed by atoms with Gasteiger partial charge in [-0.1, -0.05) is 15.9 Å². The van der Waals surface area contributed by atoms with Gasteiger partial charge in [-0.05, 0) is 67.7 Å². The molecule has 0 atom stereocenters. The second-order valence-electron chi connectivity index (χ2n) is 5.00. The first-order valence-electron chi connectivity index (χ1n) is 7.00. The highest BCUT2D eigenvalue weighted by Crippen LogP contribution is 2.33. The first-order valence-corrected chi connectivity index (χ1v) is 8.59. The topological polar surface area (TPSA) is 41.5 Å². The Morgan fingerprint density at radius 2 is 1.95 bits per heavy atom. The van der Waals surface area contributed by atoms with Crippen LogP contribution < -0.4 is 10.1 Å². The van der Waals surface area contributed by atoms with Crippen molar-refractivity contribution in [3.63, 3.8) is 0 Å². The zero-order chi connectivity index (χ0) is 15.0. The Kier molecular flexibility index (Phi) is 8.77. The summed E-state index contributed by atoms with van der Waals surface area (Å²) in [6.45, 7) is 6.07. The smallest absolute Gasteiger partial charge is 0.138 e.